The van der Waals surface area contributed by atoms with E-state index >= 15 is 0 Å². The van der Waals surface area contributed by atoms with E-state index in [0.717, 1.165) is 49.1 Å². The van der Waals surface area contributed by atoms with Gasteiger partial charge in [-0.3, -0.25) is 9.69 Å². The van der Waals surface area contributed by atoms with Crippen LogP contribution in [-0.2, 0) is 0 Å². The van der Waals surface area contributed by atoms with E-state index in [0.29, 0.717) is 6.54 Å². The molecule has 0 radical (unpaired) electrons. The number of aromatic amines is 1. The van der Waals surface area contributed by atoms with Crippen LogP contribution in [0.2, 0.25) is 0 Å². The van der Waals surface area contributed by atoms with E-state index in [1.165, 1.54) is 0 Å². The van der Waals surface area contributed by atoms with Crippen molar-refractivity contribution in [2.24, 2.45) is 0 Å². The number of aromatic nitrogens is 1. The Morgan fingerprint density at radius 2 is 2.10 bits per heavy atom. The lowest BCUT2D eigenvalue weighted by molar-refractivity contribution is 0.0933. The Bertz CT molecular complexity index is 605. The maximum absolute atomic E-state index is 12.4. The summed E-state index contributed by atoms with van der Waals surface area (Å²) in [5.41, 5.74) is 1.84. The molecule has 1 fully saturated rings. The van der Waals surface area contributed by atoms with Crippen molar-refractivity contribution in [3.63, 3.8) is 0 Å². The SMILES string of the molecule is CN1CCCN(CC(=O)c2ccc3cc[nH]c3c2)CC1. The zero-order valence-electron chi connectivity index (χ0n) is 11.9. The number of carbonyl (C=O) groups excluding carboxylic acids is 1. The number of hydrogen-bond donors (Lipinski definition) is 1. The zero-order chi connectivity index (χ0) is 13.9. The highest BCUT2D eigenvalue weighted by atomic mass is 16.1. The van der Waals surface area contributed by atoms with Crippen LogP contribution in [0.4, 0.5) is 0 Å². The van der Waals surface area contributed by atoms with Gasteiger partial charge in [0.05, 0.1) is 6.54 Å². The number of fused-ring (bicyclic) bond motifs is 1. The van der Waals surface area contributed by atoms with Crippen LogP contribution in [0.1, 0.15) is 16.8 Å². The van der Waals surface area contributed by atoms with Crippen molar-refractivity contribution in [3.8, 4) is 0 Å². The first kappa shape index (κ1) is 13.3. The van der Waals surface area contributed by atoms with Gasteiger partial charge in [0, 0.05) is 30.4 Å². The van der Waals surface area contributed by atoms with Crippen LogP contribution < -0.4 is 0 Å². The fourth-order valence-electron chi connectivity index (χ4n) is 2.77. The topological polar surface area (TPSA) is 39.3 Å². The van der Waals surface area contributed by atoms with Crippen molar-refractivity contribution in [1.29, 1.82) is 0 Å². The van der Waals surface area contributed by atoms with Gasteiger partial charge in [-0.05, 0) is 44.1 Å². The molecule has 2 aromatic rings. The molecule has 0 atom stereocenters. The Morgan fingerprint density at radius 1 is 1.20 bits per heavy atom. The number of benzene rings is 1. The molecule has 0 amide bonds. The van der Waals surface area contributed by atoms with Gasteiger partial charge in [-0.25, -0.2) is 0 Å². The van der Waals surface area contributed by atoms with E-state index in [9.17, 15) is 4.79 Å². The second-order valence-corrected chi connectivity index (χ2v) is 5.64. The van der Waals surface area contributed by atoms with Crippen molar-refractivity contribution >= 4 is 16.7 Å². The maximum atomic E-state index is 12.4. The molecule has 0 unspecified atom stereocenters. The number of nitrogens with one attached hydrogen (secondary N) is 1. The monoisotopic (exact) mass is 271 g/mol. The van der Waals surface area contributed by atoms with Crippen molar-refractivity contribution in [3.05, 3.63) is 36.0 Å². The van der Waals surface area contributed by atoms with Crippen LogP contribution in [0.5, 0.6) is 0 Å². The van der Waals surface area contributed by atoms with Gasteiger partial charge in [0.1, 0.15) is 0 Å². The predicted octanol–water partition coefficient (Wildman–Crippen LogP) is 1.99. The minimum atomic E-state index is 0.214. The summed E-state index contributed by atoms with van der Waals surface area (Å²) in [5.74, 6) is 0.214. The van der Waals surface area contributed by atoms with Crippen LogP contribution >= 0.6 is 0 Å². The van der Waals surface area contributed by atoms with Gasteiger partial charge in [-0.15, -0.1) is 0 Å². The Balaban J connectivity index is 1.68. The summed E-state index contributed by atoms with van der Waals surface area (Å²) in [4.78, 5) is 20.2. The summed E-state index contributed by atoms with van der Waals surface area (Å²) < 4.78 is 0. The molecule has 1 aromatic carbocycles. The van der Waals surface area contributed by atoms with Crippen molar-refractivity contribution < 1.29 is 4.79 Å². The molecule has 106 valence electrons. The quantitative estimate of drug-likeness (QED) is 0.868. The molecule has 20 heavy (non-hydrogen) atoms. The Morgan fingerprint density at radius 3 is 3.00 bits per heavy atom. The van der Waals surface area contributed by atoms with Gasteiger partial charge in [0.15, 0.2) is 5.78 Å². The van der Waals surface area contributed by atoms with Crippen molar-refractivity contribution in [1.82, 2.24) is 14.8 Å². The first-order valence-electron chi connectivity index (χ1n) is 7.23. The third-order valence-electron chi connectivity index (χ3n) is 4.06. The Labute approximate surface area is 119 Å². The average Bonchev–Trinajstić information content (AvgIpc) is 2.82. The molecule has 4 heteroatoms. The first-order chi connectivity index (χ1) is 9.72. The van der Waals surface area contributed by atoms with Crippen molar-refractivity contribution in [2.75, 3.05) is 39.8 Å². The molecule has 3 rings (SSSR count). The molecule has 4 nitrogen and oxygen atoms in total. The second kappa shape index (κ2) is 5.77. The first-order valence-corrected chi connectivity index (χ1v) is 7.23. The third kappa shape index (κ3) is 2.92. The van der Waals surface area contributed by atoms with Gasteiger partial charge < -0.3 is 9.88 Å². The molecule has 2 heterocycles. The number of H-pyrrole nitrogens is 1. The summed E-state index contributed by atoms with van der Waals surface area (Å²) in [6.45, 7) is 4.69. The molecule has 1 aromatic heterocycles. The van der Waals surface area contributed by atoms with E-state index in [4.69, 9.17) is 0 Å². The lowest BCUT2D eigenvalue weighted by Crippen LogP contribution is -2.33. The normalized spacial score (nSPS) is 18.2. The maximum Gasteiger partial charge on any atom is 0.176 e. The van der Waals surface area contributed by atoms with Gasteiger partial charge in [-0.1, -0.05) is 12.1 Å². The molecule has 1 N–H and O–H groups in total. The third-order valence-corrected chi connectivity index (χ3v) is 4.06. The fraction of sp³-hybridized carbons (Fsp3) is 0.438. The highest BCUT2D eigenvalue weighted by Gasteiger charge is 2.16. The van der Waals surface area contributed by atoms with E-state index in [1.54, 1.807) is 0 Å². The minimum Gasteiger partial charge on any atom is -0.361 e. The number of nitrogens with zero attached hydrogens (tertiary/aromatic N) is 2. The van der Waals surface area contributed by atoms with Crippen LogP contribution in [0.25, 0.3) is 10.9 Å². The number of carbonyl (C=O) groups is 1. The van der Waals surface area contributed by atoms with E-state index in [-0.39, 0.29) is 5.78 Å². The lowest BCUT2D eigenvalue weighted by atomic mass is 10.1. The van der Waals surface area contributed by atoms with Gasteiger partial charge >= 0.3 is 0 Å². The second-order valence-electron chi connectivity index (χ2n) is 5.64. The van der Waals surface area contributed by atoms with E-state index in [1.807, 2.05) is 30.5 Å². The van der Waals surface area contributed by atoms with Crippen LogP contribution in [0.15, 0.2) is 30.5 Å². The number of likely N-dealkylation sites (N-methyl/N-ethyl adjacent to an activating group) is 1. The van der Waals surface area contributed by atoms with Crippen LogP contribution in [0, 0.1) is 0 Å². The standard InChI is InChI=1S/C16H21N3O/c1-18-7-2-8-19(10-9-18)12-16(20)14-4-3-13-5-6-17-15(13)11-14/h3-6,11,17H,2,7-10,12H2,1H3. The number of ketones is 1. The van der Waals surface area contributed by atoms with Gasteiger partial charge in [0.25, 0.3) is 0 Å². The Hall–Kier alpha value is -1.65. The number of rotatable bonds is 3. The predicted molar refractivity (Wildman–Crippen MR) is 81.2 cm³/mol. The molecule has 1 saturated heterocycles. The molecule has 1 aliphatic rings. The van der Waals surface area contributed by atoms with Gasteiger partial charge in [-0.2, -0.15) is 0 Å². The minimum absolute atomic E-state index is 0.214. The lowest BCUT2D eigenvalue weighted by Gasteiger charge is -2.19. The number of Topliss-reactive ketones (excluding diaryl/α,β-unsaturated/α-hetero) is 1. The molecular weight excluding hydrogens is 250 g/mol. The van der Waals surface area contributed by atoms with Crippen LogP contribution in [0.3, 0.4) is 0 Å². The summed E-state index contributed by atoms with van der Waals surface area (Å²) >= 11 is 0. The molecule has 0 bridgehead atoms. The summed E-state index contributed by atoms with van der Waals surface area (Å²) in [7, 11) is 2.14. The largest absolute Gasteiger partial charge is 0.361 e. The molecular formula is C16H21N3O. The Kier molecular flexibility index (Phi) is 3.85. The summed E-state index contributed by atoms with van der Waals surface area (Å²) in [6, 6.07) is 7.92. The van der Waals surface area contributed by atoms with E-state index in [2.05, 4.69) is 21.8 Å². The number of hydrogen-bond acceptors (Lipinski definition) is 3. The highest BCUT2D eigenvalue weighted by molar-refractivity contribution is 6.00. The fourth-order valence-corrected chi connectivity index (χ4v) is 2.77. The summed E-state index contributed by atoms with van der Waals surface area (Å²) in [6.07, 6.45) is 3.04. The molecule has 0 aliphatic carbocycles. The van der Waals surface area contributed by atoms with E-state index < -0.39 is 0 Å². The van der Waals surface area contributed by atoms with Crippen molar-refractivity contribution in [2.45, 2.75) is 6.42 Å². The zero-order valence-corrected chi connectivity index (χ0v) is 11.9. The highest BCUT2D eigenvalue weighted by Crippen LogP contribution is 2.15. The molecule has 1 aliphatic heterocycles. The smallest absolute Gasteiger partial charge is 0.176 e. The van der Waals surface area contributed by atoms with Gasteiger partial charge in [0.2, 0.25) is 0 Å². The molecule has 0 spiro atoms. The molecule has 0 saturated carbocycles. The summed E-state index contributed by atoms with van der Waals surface area (Å²) in [5, 5.41) is 1.15. The van der Waals surface area contributed by atoms with Crippen LogP contribution in [-0.4, -0.2) is 60.3 Å². The average molecular weight is 271 g/mol.